The summed E-state index contributed by atoms with van der Waals surface area (Å²) in [5, 5.41) is 0. The van der Waals surface area contributed by atoms with E-state index in [1.54, 1.807) is 0 Å². The van der Waals surface area contributed by atoms with Crippen LogP contribution in [0.4, 0.5) is 0 Å². The predicted molar refractivity (Wildman–Crippen MR) is 63.7 cm³/mol. The lowest BCUT2D eigenvalue weighted by Gasteiger charge is -2.08. The first-order valence-electron chi connectivity index (χ1n) is 4.45. The van der Waals surface area contributed by atoms with Gasteiger partial charge in [0, 0.05) is 0 Å². The van der Waals surface area contributed by atoms with E-state index in [1.807, 2.05) is 13.8 Å². The molecule has 0 N–H and O–H groups in total. The summed E-state index contributed by atoms with van der Waals surface area (Å²) in [6.07, 6.45) is 0. The molecule has 0 saturated heterocycles. The summed E-state index contributed by atoms with van der Waals surface area (Å²) in [5.74, 6) is 3.05. The number of carbonyl (C=O) groups is 1. The largest absolute Gasteiger partial charge is 0.284 e. The second-order valence-corrected chi connectivity index (χ2v) is 10.2. The standard InChI is InChI=1S/C10H17BrOSi/c1-8(2)10(11)9(12)6-7-13(3,4)5/h8,10H,1-5H3/t10-/m0/s1. The van der Waals surface area contributed by atoms with Crippen molar-refractivity contribution in [1.82, 2.24) is 0 Å². The number of halogens is 1. The first kappa shape index (κ1) is 12.9. The lowest BCUT2D eigenvalue weighted by Crippen LogP contribution is -2.21. The van der Waals surface area contributed by atoms with Gasteiger partial charge in [-0.1, -0.05) is 49.4 Å². The van der Waals surface area contributed by atoms with Crippen molar-refractivity contribution >= 4 is 29.8 Å². The van der Waals surface area contributed by atoms with Crippen LogP contribution in [0.3, 0.4) is 0 Å². The average molecular weight is 261 g/mol. The smallest absolute Gasteiger partial charge is 0.218 e. The molecule has 0 saturated carbocycles. The Labute approximate surface area is 90.4 Å². The SMILES string of the molecule is CC(C)[C@H](Br)C(=O)C#C[Si](C)(C)C. The first-order valence-corrected chi connectivity index (χ1v) is 8.86. The summed E-state index contributed by atoms with van der Waals surface area (Å²) in [7, 11) is -1.40. The van der Waals surface area contributed by atoms with E-state index < -0.39 is 8.07 Å². The van der Waals surface area contributed by atoms with Crippen LogP contribution in [0, 0.1) is 17.4 Å². The summed E-state index contributed by atoms with van der Waals surface area (Å²) < 4.78 is 0. The molecule has 0 aromatic carbocycles. The van der Waals surface area contributed by atoms with Crippen molar-refractivity contribution < 1.29 is 4.79 Å². The molecule has 0 aliphatic carbocycles. The minimum atomic E-state index is -1.40. The van der Waals surface area contributed by atoms with Gasteiger partial charge in [-0.3, -0.25) is 4.79 Å². The van der Waals surface area contributed by atoms with Gasteiger partial charge in [0.05, 0.1) is 4.83 Å². The number of alkyl halides is 1. The van der Waals surface area contributed by atoms with Crippen LogP contribution in [0.1, 0.15) is 13.8 Å². The Bertz CT molecular complexity index is 242. The van der Waals surface area contributed by atoms with Crippen molar-refractivity contribution in [3.63, 3.8) is 0 Å². The van der Waals surface area contributed by atoms with Gasteiger partial charge in [-0.2, -0.15) is 0 Å². The Morgan fingerprint density at radius 1 is 1.31 bits per heavy atom. The molecule has 3 heteroatoms. The molecule has 0 aromatic rings. The van der Waals surface area contributed by atoms with Crippen molar-refractivity contribution in [2.45, 2.75) is 38.3 Å². The molecule has 0 radical (unpaired) electrons. The molecule has 74 valence electrons. The second-order valence-electron chi connectivity index (χ2n) is 4.51. The zero-order valence-electron chi connectivity index (χ0n) is 8.94. The van der Waals surface area contributed by atoms with E-state index in [9.17, 15) is 4.79 Å². The Hall–Kier alpha value is -0.0731. The highest BCUT2D eigenvalue weighted by Gasteiger charge is 2.17. The number of ketones is 1. The lowest BCUT2D eigenvalue weighted by molar-refractivity contribution is -0.113. The van der Waals surface area contributed by atoms with Crippen molar-refractivity contribution in [3.05, 3.63) is 0 Å². The monoisotopic (exact) mass is 260 g/mol. The maximum absolute atomic E-state index is 11.4. The molecule has 0 spiro atoms. The van der Waals surface area contributed by atoms with Gasteiger partial charge in [0.25, 0.3) is 0 Å². The Balaban J connectivity index is 4.37. The molecule has 1 atom stereocenters. The highest BCUT2D eigenvalue weighted by Crippen LogP contribution is 2.12. The van der Waals surface area contributed by atoms with Gasteiger partial charge >= 0.3 is 0 Å². The highest BCUT2D eigenvalue weighted by atomic mass is 79.9. The van der Waals surface area contributed by atoms with Crippen LogP contribution in [0.2, 0.25) is 19.6 Å². The fourth-order valence-electron chi connectivity index (χ4n) is 0.621. The van der Waals surface area contributed by atoms with E-state index in [4.69, 9.17) is 0 Å². The molecule has 0 bridgehead atoms. The van der Waals surface area contributed by atoms with Gasteiger partial charge < -0.3 is 0 Å². The molecule has 0 aromatic heterocycles. The predicted octanol–water partition coefficient (Wildman–Crippen LogP) is 2.86. The van der Waals surface area contributed by atoms with Crippen LogP contribution in [0.5, 0.6) is 0 Å². The Morgan fingerprint density at radius 2 is 1.77 bits per heavy atom. The minimum Gasteiger partial charge on any atom is -0.284 e. The fraction of sp³-hybridized carbons (Fsp3) is 0.700. The van der Waals surface area contributed by atoms with E-state index in [-0.39, 0.29) is 10.6 Å². The third-order valence-corrected chi connectivity index (χ3v) is 3.74. The number of rotatable bonds is 2. The van der Waals surface area contributed by atoms with Gasteiger partial charge in [0.2, 0.25) is 5.78 Å². The van der Waals surface area contributed by atoms with Gasteiger partial charge in [-0.25, -0.2) is 0 Å². The third-order valence-electron chi connectivity index (χ3n) is 1.40. The van der Waals surface area contributed by atoms with E-state index >= 15 is 0 Å². The van der Waals surface area contributed by atoms with Crippen LogP contribution >= 0.6 is 15.9 Å². The summed E-state index contributed by atoms with van der Waals surface area (Å²) in [6, 6.07) is 0. The van der Waals surface area contributed by atoms with Crippen LogP contribution in [0.25, 0.3) is 0 Å². The first-order chi connectivity index (χ1) is 5.74. The van der Waals surface area contributed by atoms with Crippen molar-refractivity contribution in [2.75, 3.05) is 0 Å². The minimum absolute atomic E-state index is 0.0115. The zero-order valence-corrected chi connectivity index (χ0v) is 11.5. The molecular weight excluding hydrogens is 244 g/mol. The molecular formula is C10H17BrOSi. The molecule has 0 heterocycles. The highest BCUT2D eigenvalue weighted by molar-refractivity contribution is 9.10. The van der Waals surface area contributed by atoms with E-state index in [2.05, 4.69) is 47.0 Å². The van der Waals surface area contributed by atoms with Crippen molar-refractivity contribution in [1.29, 1.82) is 0 Å². The van der Waals surface area contributed by atoms with Crippen LogP contribution < -0.4 is 0 Å². The van der Waals surface area contributed by atoms with E-state index in [0.717, 1.165) is 0 Å². The quantitative estimate of drug-likeness (QED) is 0.424. The Morgan fingerprint density at radius 3 is 2.08 bits per heavy atom. The molecule has 13 heavy (non-hydrogen) atoms. The van der Waals surface area contributed by atoms with E-state index in [1.165, 1.54) is 0 Å². The second kappa shape index (κ2) is 4.97. The average Bonchev–Trinajstić information content (AvgIpc) is 1.97. The van der Waals surface area contributed by atoms with Crippen LogP contribution in [-0.4, -0.2) is 18.7 Å². The van der Waals surface area contributed by atoms with E-state index in [0.29, 0.717) is 5.92 Å². The maximum Gasteiger partial charge on any atom is 0.218 e. The van der Waals surface area contributed by atoms with Crippen molar-refractivity contribution in [3.8, 4) is 11.5 Å². The normalized spacial score (nSPS) is 13.5. The molecule has 0 aliphatic heterocycles. The van der Waals surface area contributed by atoms with Crippen LogP contribution in [-0.2, 0) is 4.79 Å². The lowest BCUT2D eigenvalue weighted by atomic mass is 10.1. The summed E-state index contributed by atoms with van der Waals surface area (Å²) in [6.45, 7) is 10.4. The van der Waals surface area contributed by atoms with Gasteiger partial charge in [0.1, 0.15) is 8.07 Å². The molecule has 0 aliphatic rings. The van der Waals surface area contributed by atoms with Gasteiger partial charge in [0.15, 0.2) is 0 Å². The van der Waals surface area contributed by atoms with Gasteiger partial charge in [-0.05, 0) is 11.8 Å². The number of hydrogen-bond acceptors (Lipinski definition) is 1. The number of hydrogen-bond donors (Lipinski definition) is 0. The maximum atomic E-state index is 11.4. The third kappa shape index (κ3) is 6.06. The molecule has 0 unspecified atom stereocenters. The molecule has 1 nitrogen and oxygen atoms in total. The number of Topliss-reactive ketones (excluding diaryl/α,β-unsaturated/α-hetero) is 1. The molecule has 0 amide bonds. The molecule has 0 rings (SSSR count). The fourth-order valence-corrected chi connectivity index (χ4v) is 1.23. The topological polar surface area (TPSA) is 17.1 Å². The summed E-state index contributed by atoms with van der Waals surface area (Å²) >= 11 is 3.34. The van der Waals surface area contributed by atoms with Crippen molar-refractivity contribution in [2.24, 2.45) is 5.92 Å². The zero-order chi connectivity index (χ0) is 10.6. The van der Waals surface area contributed by atoms with Crippen LogP contribution in [0.15, 0.2) is 0 Å². The number of carbonyl (C=O) groups excluding carboxylic acids is 1. The Kier molecular flexibility index (Phi) is 4.94. The summed E-state index contributed by atoms with van der Waals surface area (Å²) in [4.78, 5) is 11.3. The summed E-state index contributed by atoms with van der Waals surface area (Å²) in [5.41, 5.74) is 3.07. The van der Waals surface area contributed by atoms with Gasteiger partial charge in [-0.15, -0.1) is 5.54 Å². The molecule has 0 fully saturated rings.